The van der Waals surface area contributed by atoms with Gasteiger partial charge in [-0.3, -0.25) is 4.90 Å². The van der Waals surface area contributed by atoms with E-state index in [4.69, 9.17) is 0 Å². The Labute approximate surface area is 142 Å². The molecule has 0 bridgehead atoms. The Balaban J connectivity index is 1.77. The van der Waals surface area contributed by atoms with Crippen molar-refractivity contribution < 1.29 is 0 Å². The fraction of sp³-hybridized carbons (Fsp3) is 0.273. The average Bonchev–Trinajstić information content (AvgIpc) is 2.66. The molecular formula is C22H22N2. The summed E-state index contributed by atoms with van der Waals surface area (Å²) in [6.07, 6.45) is 0. The van der Waals surface area contributed by atoms with Gasteiger partial charge in [-0.05, 0) is 44.8 Å². The minimum absolute atomic E-state index is 0.455. The van der Waals surface area contributed by atoms with Gasteiger partial charge in [-0.25, -0.2) is 0 Å². The van der Waals surface area contributed by atoms with E-state index in [1.807, 2.05) is 0 Å². The van der Waals surface area contributed by atoms with Gasteiger partial charge in [0.1, 0.15) is 0 Å². The third-order valence-corrected chi connectivity index (χ3v) is 5.71. The number of hydrogen-bond donors (Lipinski definition) is 1. The van der Waals surface area contributed by atoms with Crippen molar-refractivity contribution in [3.63, 3.8) is 0 Å². The Morgan fingerprint density at radius 3 is 2.17 bits per heavy atom. The fourth-order valence-corrected chi connectivity index (χ4v) is 4.39. The first kappa shape index (κ1) is 14.2. The lowest BCUT2D eigenvalue weighted by Crippen LogP contribution is -2.44. The molecule has 0 saturated carbocycles. The number of hydrogen-bond acceptors (Lipinski definition) is 2. The monoisotopic (exact) mass is 314 g/mol. The zero-order chi connectivity index (χ0) is 16.1. The van der Waals surface area contributed by atoms with Crippen molar-refractivity contribution in [1.29, 1.82) is 0 Å². The number of nitrogens with zero attached hydrogens (tertiary/aromatic N) is 1. The maximum absolute atomic E-state index is 3.46. The largest absolute Gasteiger partial charge is 0.314 e. The lowest BCUT2D eigenvalue weighted by Gasteiger charge is -2.33. The first-order valence-electron chi connectivity index (χ1n) is 8.94. The van der Waals surface area contributed by atoms with Gasteiger partial charge in [0.15, 0.2) is 0 Å². The number of rotatable bonds is 2. The Hall–Kier alpha value is -2.16. The Kier molecular flexibility index (Phi) is 3.22. The van der Waals surface area contributed by atoms with E-state index in [1.165, 1.54) is 37.9 Å². The summed E-state index contributed by atoms with van der Waals surface area (Å²) in [7, 11) is 0. The maximum atomic E-state index is 3.46. The van der Waals surface area contributed by atoms with Crippen molar-refractivity contribution in [1.82, 2.24) is 10.2 Å². The van der Waals surface area contributed by atoms with Crippen molar-refractivity contribution in [2.24, 2.45) is 0 Å². The molecule has 0 aromatic heterocycles. The third kappa shape index (κ3) is 2.03. The highest BCUT2D eigenvalue weighted by molar-refractivity contribution is 6.23. The highest BCUT2D eigenvalue weighted by Gasteiger charge is 2.20. The van der Waals surface area contributed by atoms with E-state index in [0.717, 1.165) is 26.2 Å². The lowest BCUT2D eigenvalue weighted by atomic mass is 9.90. The van der Waals surface area contributed by atoms with Crippen LogP contribution in [0.25, 0.3) is 32.3 Å². The molecule has 0 radical (unpaired) electrons. The lowest BCUT2D eigenvalue weighted by molar-refractivity contribution is 0.186. The highest BCUT2D eigenvalue weighted by atomic mass is 15.2. The topological polar surface area (TPSA) is 15.3 Å². The second kappa shape index (κ2) is 5.44. The third-order valence-electron chi connectivity index (χ3n) is 5.71. The molecule has 1 aliphatic rings. The van der Waals surface area contributed by atoms with Crippen LogP contribution in [0.3, 0.4) is 0 Å². The summed E-state index contributed by atoms with van der Waals surface area (Å²) in [5.41, 5.74) is 1.46. The van der Waals surface area contributed by atoms with E-state index < -0.39 is 0 Å². The molecule has 0 unspecified atom stereocenters. The molecule has 0 aliphatic carbocycles. The van der Waals surface area contributed by atoms with E-state index in [0.29, 0.717) is 6.04 Å². The molecule has 5 rings (SSSR count). The summed E-state index contributed by atoms with van der Waals surface area (Å²) in [5, 5.41) is 11.8. The van der Waals surface area contributed by atoms with Gasteiger partial charge in [-0.2, -0.15) is 0 Å². The molecule has 24 heavy (non-hydrogen) atoms. The van der Waals surface area contributed by atoms with Crippen molar-refractivity contribution in [2.45, 2.75) is 13.0 Å². The fourth-order valence-electron chi connectivity index (χ4n) is 4.39. The first-order valence-corrected chi connectivity index (χ1v) is 8.94. The zero-order valence-corrected chi connectivity index (χ0v) is 14.0. The smallest absolute Gasteiger partial charge is 0.0327 e. The molecular weight excluding hydrogens is 292 g/mol. The highest BCUT2D eigenvalue weighted by Crippen LogP contribution is 2.38. The minimum Gasteiger partial charge on any atom is -0.314 e. The molecule has 2 heteroatoms. The molecule has 4 aromatic rings. The predicted molar refractivity (Wildman–Crippen MR) is 103 cm³/mol. The molecule has 1 heterocycles. The molecule has 1 saturated heterocycles. The van der Waals surface area contributed by atoms with Crippen molar-refractivity contribution >= 4 is 32.3 Å². The van der Waals surface area contributed by atoms with E-state index >= 15 is 0 Å². The summed E-state index contributed by atoms with van der Waals surface area (Å²) in [5.74, 6) is 0. The molecule has 2 nitrogen and oxygen atoms in total. The first-order chi connectivity index (χ1) is 11.8. The molecule has 1 N–H and O–H groups in total. The van der Waals surface area contributed by atoms with Gasteiger partial charge in [-0.1, -0.05) is 54.6 Å². The number of nitrogens with one attached hydrogen (secondary N) is 1. The Bertz CT molecular complexity index is 999. The molecule has 0 amide bonds. The van der Waals surface area contributed by atoms with Crippen LogP contribution in [0.4, 0.5) is 0 Å². The standard InChI is InChI=1S/C22H22N2/c1-15(24-13-11-23-12-14-24)19-9-7-18-6-5-16-3-2-4-17-8-10-20(19)22(18)21(16)17/h2-10,15,23H,11-14H2,1H3/t15-/m0/s1. The summed E-state index contributed by atoms with van der Waals surface area (Å²) >= 11 is 0. The summed E-state index contributed by atoms with van der Waals surface area (Å²) in [6, 6.07) is 20.9. The normalized spacial score (nSPS) is 17.9. The van der Waals surface area contributed by atoms with Crippen LogP contribution < -0.4 is 5.32 Å². The molecule has 1 fully saturated rings. The van der Waals surface area contributed by atoms with Gasteiger partial charge in [-0.15, -0.1) is 0 Å². The molecule has 120 valence electrons. The van der Waals surface area contributed by atoms with Gasteiger partial charge in [0.25, 0.3) is 0 Å². The summed E-state index contributed by atoms with van der Waals surface area (Å²) in [6.45, 7) is 6.80. The quantitative estimate of drug-likeness (QED) is 0.546. The van der Waals surface area contributed by atoms with Crippen LogP contribution in [0.2, 0.25) is 0 Å². The van der Waals surface area contributed by atoms with Gasteiger partial charge >= 0.3 is 0 Å². The van der Waals surface area contributed by atoms with Crippen molar-refractivity contribution in [3.05, 3.63) is 60.2 Å². The Morgan fingerprint density at radius 2 is 1.42 bits per heavy atom. The minimum atomic E-state index is 0.455. The maximum Gasteiger partial charge on any atom is 0.0327 e. The summed E-state index contributed by atoms with van der Waals surface area (Å²) in [4.78, 5) is 2.60. The van der Waals surface area contributed by atoms with E-state index in [2.05, 4.69) is 71.7 Å². The van der Waals surface area contributed by atoms with E-state index in [-0.39, 0.29) is 0 Å². The van der Waals surface area contributed by atoms with Gasteiger partial charge in [0.2, 0.25) is 0 Å². The van der Waals surface area contributed by atoms with Crippen LogP contribution in [0.1, 0.15) is 18.5 Å². The van der Waals surface area contributed by atoms with Crippen LogP contribution in [0.5, 0.6) is 0 Å². The van der Waals surface area contributed by atoms with Crippen LogP contribution in [0, 0.1) is 0 Å². The van der Waals surface area contributed by atoms with Crippen LogP contribution >= 0.6 is 0 Å². The van der Waals surface area contributed by atoms with Crippen LogP contribution in [0.15, 0.2) is 54.6 Å². The zero-order valence-electron chi connectivity index (χ0n) is 14.0. The average molecular weight is 314 g/mol. The second-order valence-electron chi connectivity index (χ2n) is 6.97. The van der Waals surface area contributed by atoms with Gasteiger partial charge < -0.3 is 5.32 Å². The van der Waals surface area contributed by atoms with Crippen LogP contribution in [-0.2, 0) is 0 Å². The molecule has 4 aromatic carbocycles. The second-order valence-corrected chi connectivity index (χ2v) is 6.97. The number of piperazine rings is 1. The molecule has 1 aliphatic heterocycles. The molecule has 1 atom stereocenters. The SMILES string of the molecule is C[C@@H](c1ccc2ccc3cccc4ccc1c2c34)N1CCNCC1. The molecule has 0 spiro atoms. The predicted octanol–water partition coefficient (Wildman–Crippen LogP) is 4.55. The van der Waals surface area contributed by atoms with E-state index in [1.54, 1.807) is 0 Å². The Morgan fingerprint density at radius 1 is 0.792 bits per heavy atom. The van der Waals surface area contributed by atoms with Gasteiger partial charge in [0.05, 0.1) is 0 Å². The van der Waals surface area contributed by atoms with Crippen molar-refractivity contribution in [2.75, 3.05) is 26.2 Å². The van der Waals surface area contributed by atoms with Gasteiger partial charge in [0, 0.05) is 32.2 Å². The van der Waals surface area contributed by atoms with E-state index in [9.17, 15) is 0 Å². The number of benzene rings is 4. The summed E-state index contributed by atoms with van der Waals surface area (Å²) < 4.78 is 0. The van der Waals surface area contributed by atoms with Crippen LogP contribution in [-0.4, -0.2) is 31.1 Å². The van der Waals surface area contributed by atoms with Crippen molar-refractivity contribution in [3.8, 4) is 0 Å².